The van der Waals surface area contributed by atoms with Gasteiger partial charge in [0.15, 0.2) is 5.65 Å². The topological polar surface area (TPSA) is 35.6 Å². The number of hydrogen-bond acceptors (Lipinski definition) is 2. The Morgan fingerprint density at radius 3 is 2.47 bits per heavy atom. The number of hydrogen-bond donors (Lipinski definition) is 0. The van der Waals surface area contributed by atoms with Gasteiger partial charge in [-0.2, -0.15) is 5.10 Å². The molecule has 0 aliphatic rings. The van der Waals surface area contributed by atoms with Crippen LogP contribution in [-0.4, -0.2) is 19.3 Å². The summed E-state index contributed by atoms with van der Waals surface area (Å²) in [4.78, 5) is 4.67. The zero-order valence-corrected chi connectivity index (χ0v) is 13.3. The van der Waals surface area contributed by atoms with Gasteiger partial charge in [0.05, 0.1) is 11.6 Å². The van der Waals surface area contributed by atoms with Crippen LogP contribution in [0.2, 0.25) is 0 Å². The molecule has 2 rings (SSSR count). The Hall–Kier alpha value is -1.03. The second-order valence-corrected chi connectivity index (χ2v) is 6.49. The smallest absolute Gasteiger partial charge is 0.158 e. The Bertz CT molecular complexity index is 574. The Balaban J connectivity index is 2.48. The van der Waals surface area contributed by atoms with Gasteiger partial charge in [0.1, 0.15) is 11.3 Å². The van der Waals surface area contributed by atoms with E-state index in [0.717, 1.165) is 42.1 Å². The van der Waals surface area contributed by atoms with E-state index in [1.807, 2.05) is 11.7 Å². The second-order valence-electron chi connectivity index (χ2n) is 6.22. The van der Waals surface area contributed by atoms with Gasteiger partial charge in [0.25, 0.3) is 0 Å². The van der Waals surface area contributed by atoms with Crippen molar-refractivity contribution in [1.82, 2.24) is 19.3 Å². The lowest BCUT2D eigenvalue weighted by molar-refractivity contribution is 0.349. The first-order valence-electron chi connectivity index (χ1n) is 6.84. The number of nitrogens with zero attached hydrogens (tertiary/aromatic N) is 4. The molecule has 0 saturated carbocycles. The molecule has 5 heteroatoms. The van der Waals surface area contributed by atoms with Crippen LogP contribution in [0.15, 0.2) is 0 Å². The van der Waals surface area contributed by atoms with Crippen LogP contribution in [0.25, 0.3) is 11.2 Å². The van der Waals surface area contributed by atoms with Gasteiger partial charge < -0.3 is 4.57 Å². The van der Waals surface area contributed by atoms with Crippen molar-refractivity contribution in [2.24, 2.45) is 12.5 Å². The minimum atomic E-state index is 0.298. The highest BCUT2D eigenvalue weighted by Crippen LogP contribution is 2.25. The summed E-state index contributed by atoms with van der Waals surface area (Å²) < 4.78 is 4.15. The van der Waals surface area contributed by atoms with Crippen LogP contribution in [0, 0.1) is 5.41 Å². The zero-order valence-electron chi connectivity index (χ0n) is 12.5. The highest BCUT2D eigenvalue weighted by molar-refractivity contribution is 6.16. The van der Waals surface area contributed by atoms with E-state index in [1.54, 1.807) is 0 Å². The molecule has 0 spiro atoms. The molecule has 2 heterocycles. The summed E-state index contributed by atoms with van der Waals surface area (Å²) in [5.41, 5.74) is 3.46. The largest absolute Gasteiger partial charge is 0.312 e. The lowest BCUT2D eigenvalue weighted by atomic mass is 9.92. The first kappa shape index (κ1) is 14.4. The molecule has 106 valence electrons. The summed E-state index contributed by atoms with van der Waals surface area (Å²) in [6.45, 7) is 9.80. The van der Waals surface area contributed by atoms with E-state index in [-0.39, 0.29) is 0 Å². The zero-order chi connectivity index (χ0) is 14.2. The first-order valence-corrected chi connectivity index (χ1v) is 7.37. The molecule has 19 heavy (non-hydrogen) atoms. The van der Waals surface area contributed by atoms with E-state index in [9.17, 15) is 0 Å². The molecule has 0 bridgehead atoms. The predicted molar refractivity (Wildman–Crippen MR) is 79.5 cm³/mol. The van der Waals surface area contributed by atoms with Crippen LogP contribution < -0.4 is 0 Å². The molecule has 0 fully saturated rings. The van der Waals surface area contributed by atoms with E-state index in [4.69, 9.17) is 11.6 Å². The molecule has 0 atom stereocenters. The molecular weight excluding hydrogens is 260 g/mol. The molecule has 2 aromatic rings. The van der Waals surface area contributed by atoms with Crippen LogP contribution >= 0.6 is 11.6 Å². The summed E-state index contributed by atoms with van der Waals surface area (Å²) >= 11 is 6.05. The minimum Gasteiger partial charge on any atom is -0.312 e. The number of fused-ring (bicyclic) bond motifs is 1. The number of halogens is 1. The number of imidazole rings is 1. The van der Waals surface area contributed by atoms with Crippen molar-refractivity contribution in [1.29, 1.82) is 0 Å². The molecule has 0 radical (unpaired) electrons. The van der Waals surface area contributed by atoms with Crippen LogP contribution in [-0.2, 0) is 25.9 Å². The van der Waals surface area contributed by atoms with Crippen LogP contribution in [0.1, 0.15) is 45.6 Å². The van der Waals surface area contributed by atoms with Gasteiger partial charge in [0.2, 0.25) is 0 Å². The molecule has 0 saturated heterocycles. The average molecular weight is 283 g/mol. The van der Waals surface area contributed by atoms with Crippen LogP contribution in [0.5, 0.6) is 0 Å². The molecule has 0 aliphatic carbocycles. The normalized spacial score (nSPS) is 12.5. The minimum absolute atomic E-state index is 0.298. The number of rotatable bonds is 4. The molecule has 2 aromatic heterocycles. The fourth-order valence-electron chi connectivity index (χ4n) is 2.31. The summed E-state index contributed by atoms with van der Waals surface area (Å²) in [6, 6.07) is 0. The molecule has 0 N–H and O–H groups in total. The molecule has 4 nitrogen and oxygen atoms in total. The van der Waals surface area contributed by atoms with Gasteiger partial charge >= 0.3 is 0 Å². The highest BCUT2D eigenvalue weighted by atomic mass is 35.5. The number of aryl methyl sites for hydroxylation is 3. The molecule has 0 aromatic carbocycles. The fraction of sp³-hybridized carbons (Fsp3) is 0.714. The van der Waals surface area contributed by atoms with Gasteiger partial charge in [-0.25, -0.2) is 4.98 Å². The summed E-state index contributed by atoms with van der Waals surface area (Å²) in [7, 11) is 1.98. The molecular formula is C14H23ClN4. The van der Waals surface area contributed by atoms with Crippen molar-refractivity contribution in [3.05, 3.63) is 11.5 Å². The molecule has 0 amide bonds. The third kappa shape index (κ3) is 2.78. The van der Waals surface area contributed by atoms with E-state index < -0.39 is 0 Å². The Morgan fingerprint density at radius 2 is 1.95 bits per heavy atom. The maximum Gasteiger partial charge on any atom is 0.158 e. The predicted octanol–water partition coefficient (Wildman–Crippen LogP) is 3.51. The van der Waals surface area contributed by atoms with E-state index in [2.05, 4.69) is 42.3 Å². The number of alkyl halides is 1. The van der Waals surface area contributed by atoms with Crippen molar-refractivity contribution >= 4 is 22.8 Å². The molecule has 0 unspecified atom stereocenters. The van der Waals surface area contributed by atoms with Gasteiger partial charge in [-0.1, -0.05) is 27.7 Å². The lowest BCUT2D eigenvalue weighted by Crippen LogP contribution is -2.13. The highest BCUT2D eigenvalue weighted by Gasteiger charge is 2.19. The summed E-state index contributed by atoms with van der Waals surface area (Å²) in [6.07, 6.45) is 1.99. The van der Waals surface area contributed by atoms with Crippen molar-refractivity contribution in [2.45, 2.75) is 53.0 Å². The van der Waals surface area contributed by atoms with E-state index in [1.165, 1.54) is 0 Å². The first-order chi connectivity index (χ1) is 8.87. The monoisotopic (exact) mass is 282 g/mol. The van der Waals surface area contributed by atoms with Crippen molar-refractivity contribution in [2.75, 3.05) is 0 Å². The van der Waals surface area contributed by atoms with Gasteiger partial charge in [-0.05, 0) is 18.3 Å². The SMILES string of the molecule is CCc1nn(C)c2c1nc(CCl)n2CCC(C)(C)C. The quantitative estimate of drug-likeness (QED) is 0.805. The van der Waals surface area contributed by atoms with Crippen LogP contribution in [0.3, 0.4) is 0 Å². The Morgan fingerprint density at radius 1 is 1.26 bits per heavy atom. The third-order valence-electron chi connectivity index (χ3n) is 3.41. The second kappa shape index (κ2) is 5.16. The molecule has 0 aliphatic heterocycles. The van der Waals surface area contributed by atoms with Gasteiger partial charge in [-0.3, -0.25) is 4.68 Å². The average Bonchev–Trinajstić information content (AvgIpc) is 2.83. The fourth-order valence-corrected chi connectivity index (χ4v) is 2.51. The lowest BCUT2D eigenvalue weighted by Gasteiger charge is -2.19. The van der Waals surface area contributed by atoms with E-state index >= 15 is 0 Å². The van der Waals surface area contributed by atoms with Gasteiger partial charge in [-0.15, -0.1) is 11.6 Å². The Kier molecular flexibility index (Phi) is 3.90. The maximum atomic E-state index is 6.05. The summed E-state index contributed by atoms with van der Waals surface area (Å²) in [5, 5.41) is 4.54. The third-order valence-corrected chi connectivity index (χ3v) is 3.65. The van der Waals surface area contributed by atoms with Crippen molar-refractivity contribution < 1.29 is 0 Å². The summed E-state index contributed by atoms with van der Waals surface area (Å²) in [5.74, 6) is 1.39. The van der Waals surface area contributed by atoms with E-state index in [0.29, 0.717) is 11.3 Å². The van der Waals surface area contributed by atoms with Crippen molar-refractivity contribution in [3.8, 4) is 0 Å². The van der Waals surface area contributed by atoms with Crippen molar-refractivity contribution in [3.63, 3.8) is 0 Å². The number of aromatic nitrogens is 4. The maximum absolute atomic E-state index is 6.05. The Labute approximate surface area is 119 Å². The standard InChI is InChI=1S/C14H23ClN4/c1-6-10-12-13(18(5)17-10)19(11(9-15)16-12)8-7-14(2,3)4/h6-9H2,1-5H3. The van der Waals surface area contributed by atoms with Crippen LogP contribution in [0.4, 0.5) is 0 Å². The van der Waals surface area contributed by atoms with Gasteiger partial charge in [0, 0.05) is 13.6 Å².